The van der Waals surface area contributed by atoms with Crippen molar-refractivity contribution >= 4 is 34.4 Å². The molecule has 2 aromatic carbocycles. The first-order valence-electron chi connectivity index (χ1n) is 9.99. The molecule has 0 aliphatic carbocycles. The van der Waals surface area contributed by atoms with E-state index < -0.39 is 0 Å². The van der Waals surface area contributed by atoms with Crippen LogP contribution < -0.4 is 10.3 Å². The Hall–Kier alpha value is -2.77. The molecule has 6 nitrogen and oxygen atoms in total. The Morgan fingerprint density at radius 3 is 2.58 bits per heavy atom. The number of methoxy groups -OCH3 is 1. The van der Waals surface area contributed by atoms with E-state index in [4.69, 9.17) is 21.3 Å². The lowest BCUT2D eigenvalue weighted by Crippen LogP contribution is -2.25. The van der Waals surface area contributed by atoms with E-state index in [1.165, 1.54) is 11.8 Å². The molecule has 0 N–H and O–H groups in total. The van der Waals surface area contributed by atoms with Gasteiger partial charge in [0.05, 0.1) is 19.3 Å². The molecule has 0 aliphatic heterocycles. The summed E-state index contributed by atoms with van der Waals surface area (Å²) in [5, 5.41) is 5.86. The molecular weight excluding hydrogens is 432 g/mol. The van der Waals surface area contributed by atoms with Crippen molar-refractivity contribution in [2.45, 2.75) is 37.8 Å². The quantitative estimate of drug-likeness (QED) is 0.293. The molecule has 0 saturated carbocycles. The van der Waals surface area contributed by atoms with Gasteiger partial charge in [0.1, 0.15) is 11.3 Å². The van der Waals surface area contributed by atoms with Gasteiger partial charge in [0.2, 0.25) is 0 Å². The first-order valence-corrected chi connectivity index (χ1v) is 11.3. The molecule has 0 spiro atoms. The second kappa shape index (κ2) is 9.16. The lowest BCUT2D eigenvalue weighted by atomic mass is 10.2. The Bertz CT molecular complexity index is 1280. The van der Waals surface area contributed by atoms with Crippen molar-refractivity contribution in [2.75, 3.05) is 7.11 Å². The topological polar surface area (TPSA) is 61.9 Å². The number of aryl methyl sites for hydroxylation is 2. The Kier molecular flexibility index (Phi) is 6.34. The normalized spacial score (nSPS) is 11.2. The molecule has 8 heteroatoms. The van der Waals surface area contributed by atoms with Crippen LogP contribution in [0.5, 0.6) is 5.75 Å². The molecule has 0 amide bonds. The van der Waals surface area contributed by atoms with E-state index >= 15 is 0 Å². The number of thioether (sulfide) groups is 1. The number of ether oxygens (including phenoxy) is 1. The molecule has 4 aromatic rings. The highest BCUT2D eigenvalue weighted by atomic mass is 35.5. The van der Waals surface area contributed by atoms with Crippen LogP contribution in [0, 0.1) is 6.92 Å². The molecule has 4 rings (SSSR count). The number of aromatic nitrogens is 4. The highest BCUT2D eigenvalue weighted by molar-refractivity contribution is 7.98. The Balaban J connectivity index is 1.82. The van der Waals surface area contributed by atoms with Gasteiger partial charge in [-0.05, 0) is 37.6 Å². The monoisotopic (exact) mass is 454 g/mol. The van der Waals surface area contributed by atoms with Gasteiger partial charge in [0.25, 0.3) is 5.56 Å². The van der Waals surface area contributed by atoms with E-state index in [9.17, 15) is 4.79 Å². The summed E-state index contributed by atoms with van der Waals surface area (Å²) in [6, 6.07) is 15.4. The molecule has 160 valence electrons. The van der Waals surface area contributed by atoms with Crippen molar-refractivity contribution in [1.82, 2.24) is 19.3 Å². The van der Waals surface area contributed by atoms with Crippen LogP contribution in [0.1, 0.15) is 23.7 Å². The minimum atomic E-state index is -0.100. The van der Waals surface area contributed by atoms with Crippen LogP contribution >= 0.6 is 23.4 Å². The standard InChI is InChI=1S/C23H23ClN4O2S/c1-4-28-21-20(15(2)26-28)25-23(31-14-16-9-11-18(24)12-10-16)27(22(21)29)13-17-7-5-6-8-19(17)30-3/h5-12H,4,13-14H2,1-3H3. The van der Waals surface area contributed by atoms with Gasteiger partial charge in [-0.15, -0.1) is 0 Å². The lowest BCUT2D eigenvalue weighted by Gasteiger charge is -2.14. The van der Waals surface area contributed by atoms with Gasteiger partial charge in [-0.1, -0.05) is 53.7 Å². The highest BCUT2D eigenvalue weighted by Crippen LogP contribution is 2.26. The van der Waals surface area contributed by atoms with Gasteiger partial charge in [-0.2, -0.15) is 5.10 Å². The maximum Gasteiger partial charge on any atom is 0.280 e. The lowest BCUT2D eigenvalue weighted by molar-refractivity contribution is 0.407. The van der Waals surface area contributed by atoms with Crippen LogP contribution in [0.4, 0.5) is 0 Å². The molecule has 0 saturated heterocycles. The summed E-state index contributed by atoms with van der Waals surface area (Å²) in [7, 11) is 1.63. The summed E-state index contributed by atoms with van der Waals surface area (Å²) in [4.78, 5) is 18.5. The molecule has 0 atom stereocenters. The summed E-state index contributed by atoms with van der Waals surface area (Å²) in [5.41, 5.74) is 3.87. The molecule has 0 fully saturated rings. The number of hydrogen-bond acceptors (Lipinski definition) is 5. The van der Waals surface area contributed by atoms with Gasteiger partial charge < -0.3 is 4.74 Å². The molecule has 31 heavy (non-hydrogen) atoms. The maximum atomic E-state index is 13.6. The summed E-state index contributed by atoms with van der Waals surface area (Å²) >= 11 is 7.53. The summed E-state index contributed by atoms with van der Waals surface area (Å²) in [5.74, 6) is 1.41. The van der Waals surface area contributed by atoms with E-state index in [1.54, 1.807) is 16.4 Å². The molecular formula is C23H23ClN4O2S. The number of nitrogens with zero attached hydrogens (tertiary/aromatic N) is 4. The zero-order chi connectivity index (χ0) is 22.0. The number of benzene rings is 2. The van der Waals surface area contributed by atoms with Crippen molar-refractivity contribution in [3.05, 3.63) is 80.7 Å². The maximum absolute atomic E-state index is 13.6. The van der Waals surface area contributed by atoms with Crippen molar-refractivity contribution in [3.63, 3.8) is 0 Å². The van der Waals surface area contributed by atoms with Crippen LogP contribution in [0.3, 0.4) is 0 Å². The van der Waals surface area contributed by atoms with Gasteiger partial charge in [-0.25, -0.2) is 4.98 Å². The largest absolute Gasteiger partial charge is 0.496 e. The summed E-state index contributed by atoms with van der Waals surface area (Å²) in [6.45, 7) is 4.83. The minimum Gasteiger partial charge on any atom is -0.496 e. The van der Waals surface area contributed by atoms with E-state index in [1.807, 2.05) is 62.4 Å². The predicted octanol–water partition coefficient (Wildman–Crippen LogP) is 4.92. The third kappa shape index (κ3) is 4.34. The average Bonchev–Trinajstić information content (AvgIpc) is 3.11. The van der Waals surface area contributed by atoms with Crippen molar-refractivity contribution in [1.29, 1.82) is 0 Å². The van der Waals surface area contributed by atoms with E-state index in [2.05, 4.69) is 5.10 Å². The fourth-order valence-electron chi connectivity index (χ4n) is 3.50. The van der Waals surface area contributed by atoms with Crippen LogP contribution in [-0.4, -0.2) is 26.4 Å². The molecule has 2 heterocycles. The summed E-state index contributed by atoms with van der Waals surface area (Å²) < 4.78 is 8.95. The molecule has 0 aliphatic rings. The fraction of sp³-hybridized carbons (Fsp3) is 0.261. The second-order valence-electron chi connectivity index (χ2n) is 7.11. The molecule has 0 radical (unpaired) electrons. The van der Waals surface area contributed by atoms with Crippen molar-refractivity contribution in [2.24, 2.45) is 0 Å². The fourth-order valence-corrected chi connectivity index (χ4v) is 4.57. The third-order valence-electron chi connectivity index (χ3n) is 5.08. The van der Waals surface area contributed by atoms with Gasteiger partial charge in [0, 0.05) is 22.9 Å². The van der Waals surface area contributed by atoms with Crippen molar-refractivity contribution < 1.29 is 4.74 Å². The Morgan fingerprint density at radius 1 is 1.13 bits per heavy atom. The number of fused-ring (bicyclic) bond motifs is 1. The Labute approximate surface area is 189 Å². The number of halogens is 1. The molecule has 0 bridgehead atoms. The average molecular weight is 455 g/mol. The zero-order valence-electron chi connectivity index (χ0n) is 17.6. The predicted molar refractivity (Wildman–Crippen MR) is 125 cm³/mol. The van der Waals surface area contributed by atoms with E-state index in [0.717, 1.165) is 22.6 Å². The third-order valence-corrected chi connectivity index (χ3v) is 6.38. The van der Waals surface area contributed by atoms with Crippen LogP contribution in [-0.2, 0) is 18.8 Å². The number of rotatable bonds is 7. The van der Waals surface area contributed by atoms with Crippen LogP contribution in [0.15, 0.2) is 58.5 Å². The molecule has 0 unspecified atom stereocenters. The summed E-state index contributed by atoms with van der Waals surface area (Å²) in [6.07, 6.45) is 0. The highest BCUT2D eigenvalue weighted by Gasteiger charge is 2.19. The van der Waals surface area contributed by atoms with Gasteiger partial charge in [-0.3, -0.25) is 14.0 Å². The SMILES string of the molecule is CCn1nc(C)c2nc(SCc3ccc(Cl)cc3)n(Cc3ccccc3OC)c(=O)c21. The Morgan fingerprint density at radius 2 is 1.87 bits per heavy atom. The van der Waals surface area contributed by atoms with E-state index in [0.29, 0.717) is 40.1 Å². The number of para-hydroxylation sites is 1. The minimum absolute atomic E-state index is 0.100. The first kappa shape index (κ1) is 21.5. The van der Waals surface area contributed by atoms with Crippen molar-refractivity contribution in [3.8, 4) is 5.75 Å². The van der Waals surface area contributed by atoms with Gasteiger partial charge in [0.15, 0.2) is 10.7 Å². The van der Waals surface area contributed by atoms with E-state index in [-0.39, 0.29) is 5.56 Å². The number of hydrogen-bond donors (Lipinski definition) is 0. The van der Waals surface area contributed by atoms with Gasteiger partial charge >= 0.3 is 0 Å². The smallest absolute Gasteiger partial charge is 0.280 e. The molecule has 2 aromatic heterocycles. The first-order chi connectivity index (χ1) is 15.0. The van der Waals surface area contributed by atoms with Crippen LogP contribution in [0.2, 0.25) is 5.02 Å². The zero-order valence-corrected chi connectivity index (χ0v) is 19.2. The second-order valence-corrected chi connectivity index (χ2v) is 8.49. The van der Waals surface area contributed by atoms with Crippen LogP contribution in [0.25, 0.3) is 11.0 Å².